The topological polar surface area (TPSA) is 64.4 Å². The number of anilines is 1. The molecule has 0 aliphatic rings. The Hall–Kier alpha value is -2.60. The zero-order valence-corrected chi connectivity index (χ0v) is 15.4. The first-order valence-electron chi connectivity index (χ1n) is 7.79. The van der Waals surface area contributed by atoms with Crippen LogP contribution >= 0.6 is 15.9 Å². The number of hydrogen-bond acceptors (Lipinski definition) is 4. The van der Waals surface area contributed by atoms with Crippen molar-refractivity contribution in [2.24, 2.45) is 0 Å². The summed E-state index contributed by atoms with van der Waals surface area (Å²) < 4.78 is 11.8. The SMILES string of the molecule is Cc1noc(-c2ccc(Br)cc2)c1NC(=O)O[C@@H](C)c1ccccc1. The van der Waals surface area contributed by atoms with Gasteiger partial charge in [-0.15, -0.1) is 0 Å². The average Bonchev–Trinajstić information content (AvgIpc) is 2.97. The third-order valence-electron chi connectivity index (χ3n) is 3.75. The Labute approximate surface area is 154 Å². The summed E-state index contributed by atoms with van der Waals surface area (Å²) >= 11 is 3.40. The van der Waals surface area contributed by atoms with Crippen molar-refractivity contribution in [2.75, 3.05) is 5.32 Å². The third-order valence-corrected chi connectivity index (χ3v) is 4.28. The van der Waals surface area contributed by atoms with Crippen LogP contribution in [0, 0.1) is 6.92 Å². The number of hydrogen-bond donors (Lipinski definition) is 1. The Kier molecular flexibility index (Phi) is 5.19. The maximum Gasteiger partial charge on any atom is 0.412 e. The number of halogens is 1. The number of benzene rings is 2. The van der Waals surface area contributed by atoms with Gasteiger partial charge in [-0.2, -0.15) is 0 Å². The highest BCUT2D eigenvalue weighted by Crippen LogP contribution is 2.32. The molecule has 6 heteroatoms. The quantitative estimate of drug-likeness (QED) is 0.607. The molecule has 1 N–H and O–H groups in total. The molecule has 2 aromatic carbocycles. The maximum atomic E-state index is 12.3. The van der Waals surface area contributed by atoms with Gasteiger partial charge in [0.2, 0.25) is 0 Å². The summed E-state index contributed by atoms with van der Waals surface area (Å²) in [4.78, 5) is 12.3. The molecule has 128 valence electrons. The molecule has 0 fully saturated rings. The van der Waals surface area contributed by atoms with Crippen molar-refractivity contribution in [2.45, 2.75) is 20.0 Å². The second-order valence-electron chi connectivity index (χ2n) is 5.56. The minimum absolute atomic E-state index is 0.363. The number of rotatable bonds is 4. The highest BCUT2D eigenvalue weighted by Gasteiger charge is 2.19. The Morgan fingerprint density at radius 1 is 1.16 bits per heavy atom. The molecule has 1 heterocycles. The van der Waals surface area contributed by atoms with E-state index in [0.717, 1.165) is 15.6 Å². The van der Waals surface area contributed by atoms with E-state index in [2.05, 4.69) is 26.4 Å². The van der Waals surface area contributed by atoms with Crippen molar-refractivity contribution < 1.29 is 14.1 Å². The first kappa shape index (κ1) is 17.2. The fourth-order valence-corrected chi connectivity index (χ4v) is 2.66. The van der Waals surface area contributed by atoms with Gasteiger partial charge in [-0.05, 0) is 43.7 Å². The zero-order valence-electron chi connectivity index (χ0n) is 13.8. The van der Waals surface area contributed by atoms with Gasteiger partial charge in [-0.3, -0.25) is 5.32 Å². The van der Waals surface area contributed by atoms with Gasteiger partial charge in [0.1, 0.15) is 17.5 Å². The number of nitrogens with one attached hydrogen (secondary N) is 1. The van der Waals surface area contributed by atoms with Crippen LogP contribution in [-0.2, 0) is 4.74 Å². The minimum atomic E-state index is -0.555. The predicted octanol–water partition coefficient (Wildman–Crippen LogP) is 5.72. The largest absolute Gasteiger partial charge is 0.441 e. The molecule has 0 unspecified atom stereocenters. The van der Waals surface area contributed by atoms with Crippen LogP contribution in [0.25, 0.3) is 11.3 Å². The van der Waals surface area contributed by atoms with Crippen LogP contribution in [0.4, 0.5) is 10.5 Å². The number of nitrogens with zero attached hydrogens (tertiary/aromatic N) is 1. The van der Waals surface area contributed by atoms with Crippen LogP contribution < -0.4 is 5.32 Å². The van der Waals surface area contributed by atoms with Crippen LogP contribution in [-0.4, -0.2) is 11.2 Å². The van der Waals surface area contributed by atoms with Gasteiger partial charge in [0.15, 0.2) is 5.76 Å². The van der Waals surface area contributed by atoms with Gasteiger partial charge in [-0.25, -0.2) is 4.79 Å². The first-order chi connectivity index (χ1) is 12.0. The number of ether oxygens (including phenoxy) is 1. The summed E-state index contributed by atoms with van der Waals surface area (Å²) in [6.45, 7) is 3.59. The number of amides is 1. The standard InChI is InChI=1S/C19H17BrN2O3/c1-12-17(18(25-22-12)15-8-10-16(20)11-9-15)21-19(23)24-13(2)14-6-4-3-5-7-14/h3-11,13H,1-2H3,(H,21,23)/t13-/m0/s1. The van der Waals surface area contributed by atoms with Crippen LogP contribution in [0.3, 0.4) is 0 Å². The Morgan fingerprint density at radius 3 is 2.52 bits per heavy atom. The molecule has 0 saturated carbocycles. The molecule has 0 radical (unpaired) electrons. The molecule has 0 spiro atoms. The van der Waals surface area contributed by atoms with Gasteiger partial charge in [0, 0.05) is 10.0 Å². The lowest BCUT2D eigenvalue weighted by molar-refractivity contribution is 0.121. The Balaban J connectivity index is 1.75. The van der Waals surface area contributed by atoms with E-state index in [4.69, 9.17) is 9.26 Å². The average molecular weight is 401 g/mol. The normalized spacial score (nSPS) is 11.8. The third kappa shape index (κ3) is 4.09. The lowest BCUT2D eigenvalue weighted by atomic mass is 10.1. The molecule has 3 aromatic rings. The summed E-state index contributed by atoms with van der Waals surface area (Å²) in [7, 11) is 0. The fraction of sp³-hybridized carbons (Fsp3) is 0.158. The van der Waals surface area contributed by atoms with Crippen molar-refractivity contribution in [3.8, 4) is 11.3 Å². The second kappa shape index (κ2) is 7.53. The number of carbonyl (C=O) groups is 1. The molecular weight excluding hydrogens is 384 g/mol. The summed E-state index contributed by atoms with van der Waals surface area (Å²) in [5, 5.41) is 6.69. The maximum absolute atomic E-state index is 12.3. The molecule has 1 amide bonds. The predicted molar refractivity (Wildman–Crippen MR) is 99.3 cm³/mol. The summed E-state index contributed by atoms with van der Waals surface area (Å²) in [5.74, 6) is 0.495. The summed E-state index contributed by atoms with van der Waals surface area (Å²) in [5.41, 5.74) is 2.83. The molecule has 1 aromatic heterocycles. The molecule has 0 saturated heterocycles. The highest BCUT2D eigenvalue weighted by molar-refractivity contribution is 9.10. The summed E-state index contributed by atoms with van der Waals surface area (Å²) in [6, 6.07) is 17.1. The van der Waals surface area contributed by atoms with E-state index in [9.17, 15) is 4.79 Å². The minimum Gasteiger partial charge on any atom is -0.441 e. The molecule has 0 aliphatic heterocycles. The van der Waals surface area contributed by atoms with E-state index in [-0.39, 0.29) is 6.10 Å². The Morgan fingerprint density at radius 2 is 1.84 bits per heavy atom. The number of carbonyl (C=O) groups excluding carboxylic acids is 1. The number of aromatic nitrogens is 1. The molecule has 5 nitrogen and oxygen atoms in total. The van der Waals surface area contributed by atoms with E-state index in [1.165, 1.54) is 0 Å². The van der Waals surface area contributed by atoms with Crippen molar-refractivity contribution >= 4 is 27.7 Å². The van der Waals surface area contributed by atoms with E-state index < -0.39 is 6.09 Å². The van der Waals surface area contributed by atoms with E-state index in [1.54, 1.807) is 6.92 Å². The van der Waals surface area contributed by atoms with Crippen molar-refractivity contribution in [1.82, 2.24) is 5.16 Å². The van der Waals surface area contributed by atoms with E-state index in [1.807, 2.05) is 61.5 Å². The molecule has 0 bridgehead atoms. The molecule has 0 aliphatic carbocycles. The van der Waals surface area contributed by atoms with Crippen LogP contribution in [0.1, 0.15) is 24.3 Å². The molecule has 25 heavy (non-hydrogen) atoms. The van der Waals surface area contributed by atoms with Crippen LogP contribution in [0.5, 0.6) is 0 Å². The van der Waals surface area contributed by atoms with E-state index in [0.29, 0.717) is 17.1 Å². The van der Waals surface area contributed by atoms with Crippen molar-refractivity contribution in [1.29, 1.82) is 0 Å². The summed E-state index contributed by atoms with van der Waals surface area (Å²) in [6.07, 6.45) is -0.918. The lowest BCUT2D eigenvalue weighted by Gasteiger charge is -2.14. The fourth-order valence-electron chi connectivity index (χ4n) is 2.40. The van der Waals surface area contributed by atoms with Crippen LogP contribution in [0.15, 0.2) is 63.6 Å². The van der Waals surface area contributed by atoms with Gasteiger partial charge in [-0.1, -0.05) is 51.4 Å². The smallest absolute Gasteiger partial charge is 0.412 e. The zero-order chi connectivity index (χ0) is 17.8. The van der Waals surface area contributed by atoms with Crippen molar-refractivity contribution in [3.63, 3.8) is 0 Å². The van der Waals surface area contributed by atoms with E-state index >= 15 is 0 Å². The molecular formula is C19H17BrN2O3. The monoisotopic (exact) mass is 400 g/mol. The molecule has 3 rings (SSSR count). The Bertz CT molecular complexity index is 860. The van der Waals surface area contributed by atoms with Gasteiger partial charge < -0.3 is 9.26 Å². The highest BCUT2D eigenvalue weighted by atomic mass is 79.9. The molecule has 1 atom stereocenters. The van der Waals surface area contributed by atoms with Crippen LogP contribution in [0.2, 0.25) is 0 Å². The van der Waals surface area contributed by atoms with Gasteiger partial charge >= 0.3 is 6.09 Å². The van der Waals surface area contributed by atoms with Gasteiger partial charge in [0.05, 0.1) is 0 Å². The van der Waals surface area contributed by atoms with Crippen molar-refractivity contribution in [3.05, 3.63) is 70.3 Å². The lowest BCUT2D eigenvalue weighted by Crippen LogP contribution is -2.16. The first-order valence-corrected chi connectivity index (χ1v) is 8.58. The number of aryl methyl sites for hydroxylation is 1. The van der Waals surface area contributed by atoms with Gasteiger partial charge in [0.25, 0.3) is 0 Å². The second-order valence-corrected chi connectivity index (χ2v) is 6.48.